The van der Waals surface area contributed by atoms with E-state index in [1.165, 1.54) is 0 Å². The molecule has 2 N–H and O–H groups in total. The fourth-order valence-corrected chi connectivity index (χ4v) is 0.435. The molecule has 2 nitrogen and oxygen atoms in total. The van der Waals surface area contributed by atoms with Crippen LogP contribution < -0.4 is 5.73 Å². The lowest BCUT2D eigenvalue weighted by atomic mass is 10.1. The van der Waals surface area contributed by atoms with Crippen LogP contribution in [-0.2, 0) is 4.79 Å². The van der Waals surface area contributed by atoms with E-state index < -0.39 is 0 Å². The van der Waals surface area contributed by atoms with Crippen LogP contribution in [0.25, 0.3) is 0 Å². The predicted octanol–water partition coefficient (Wildman–Crippen LogP) is 1.07. The van der Waals surface area contributed by atoms with E-state index in [9.17, 15) is 4.79 Å². The summed E-state index contributed by atoms with van der Waals surface area (Å²) in [6, 6.07) is 0. The second-order valence-electron chi connectivity index (χ2n) is 2.03. The van der Waals surface area contributed by atoms with E-state index in [1.807, 2.05) is 19.1 Å². The summed E-state index contributed by atoms with van der Waals surface area (Å²) >= 11 is 0. The van der Waals surface area contributed by atoms with Crippen molar-refractivity contribution < 1.29 is 4.79 Å². The first-order chi connectivity index (χ1) is 4.18. The number of hydrogen-bond donors (Lipinski definition) is 1. The summed E-state index contributed by atoms with van der Waals surface area (Å²) in [7, 11) is 0. The zero-order chi connectivity index (χ0) is 7.28. The molecule has 0 heterocycles. The van der Waals surface area contributed by atoms with Gasteiger partial charge in [-0.3, -0.25) is 4.79 Å². The van der Waals surface area contributed by atoms with Crippen molar-refractivity contribution in [1.29, 1.82) is 0 Å². The molecule has 2 heteroatoms. The molecule has 0 aromatic heterocycles. The third-order valence-electron chi connectivity index (χ3n) is 1.11. The maximum Gasteiger partial charge on any atom is 0.224 e. The Morgan fingerprint density at radius 3 is 2.67 bits per heavy atom. The van der Waals surface area contributed by atoms with Gasteiger partial charge in [0.15, 0.2) is 0 Å². The second-order valence-corrected chi connectivity index (χ2v) is 2.03. The molecule has 0 spiro atoms. The van der Waals surface area contributed by atoms with Crippen molar-refractivity contribution in [1.82, 2.24) is 0 Å². The molecule has 0 unspecified atom stereocenters. The molecule has 0 saturated carbocycles. The highest BCUT2D eigenvalue weighted by Crippen LogP contribution is 1.95. The Labute approximate surface area is 55.7 Å². The molecule has 0 aliphatic heterocycles. The molecule has 52 valence electrons. The zero-order valence-electron chi connectivity index (χ0n) is 5.92. The smallest absolute Gasteiger partial charge is 0.224 e. The van der Waals surface area contributed by atoms with Crippen LogP contribution in [0, 0.1) is 5.92 Å². The van der Waals surface area contributed by atoms with Crippen LogP contribution in [0.2, 0.25) is 0 Å². The van der Waals surface area contributed by atoms with E-state index in [-0.39, 0.29) is 11.8 Å². The van der Waals surface area contributed by atoms with Gasteiger partial charge < -0.3 is 5.73 Å². The highest BCUT2D eigenvalue weighted by molar-refractivity contribution is 5.77. The minimum Gasteiger partial charge on any atom is -0.369 e. The Morgan fingerprint density at radius 2 is 2.33 bits per heavy atom. The molecular weight excluding hydrogens is 114 g/mol. The van der Waals surface area contributed by atoms with Crippen LogP contribution in [0.15, 0.2) is 12.2 Å². The topological polar surface area (TPSA) is 43.1 Å². The average Bonchev–Trinajstić information content (AvgIpc) is 1.82. The van der Waals surface area contributed by atoms with Gasteiger partial charge in [-0.15, -0.1) is 0 Å². The summed E-state index contributed by atoms with van der Waals surface area (Å²) in [6.45, 7) is 3.80. The van der Waals surface area contributed by atoms with Gasteiger partial charge in [0.05, 0.1) is 5.92 Å². The summed E-state index contributed by atoms with van der Waals surface area (Å²) in [4.78, 5) is 10.4. The van der Waals surface area contributed by atoms with E-state index in [2.05, 4.69) is 0 Å². The lowest BCUT2D eigenvalue weighted by molar-refractivity contribution is -0.120. The molecule has 1 amide bonds. The first kappa shape index (κ1) is 8.21. The van der Waals surface area contributed by atoms with Crippen molar-refractivity contribution in [3.05, 3.63) is 12.2 Å². The molecule has 0 radical (unpaired) electrons. The number of carbonyl (C=O) groups excluding carboxylic acids is 1. The summed E-state index contributed by atoms with van der Waals surface area (Å²) in [5.41, 5.74) is 4.99. The van der Waals surface area contributed by atoms with E-state index in [0.29, 0.717) is 0 Å². The van der Waals surface area contributed by atoms with Crippen LogP contribution >= 0.6 is 0 Å². The average molecular weight is 127 g/mol. The van der Waals surface area contributed by atoms with E-state index in [4.69, 9.17) is 5.73 Å². The zero-order valence-corrected chi connectivity index (χ0v) is 5.92. The lowest BCUT2D eigenvalue weighted by Crippen LogP contribution is -2.18. The van der Waals surface area contributed by atoms with E-state index in [0.717, 1.165) is 6.42 Å². The Bertz CT molecular complexity index is 118. The van der Waals surface area contributed by atoms with Crippen molar-refractivity contribution >= 4 is 5.91 Å². The minimum absolute atomic E-state index is 0.120. The molecule has 0 saturated heterocycles. The van der Waals surface area contributed by atoms with Gasteiger partial charge in [-0.1, -0.05) is 26.0 Å². The van der Waals surface area contributed by atoms with Crippen LogP contribution in [0.5, 0.6) is 0 Å². The van der Waals surface area contributed by atoms with E-state index in [1.54, 1.807) is 6.92 Å². The summed E-state index contributed by atoms with van der Waals surface area (Å²) in [6.07, 6.45) is 4.72. The summed E-state index contributed by atoms with van der Waals surface area (Å²) in [5, 5.41) is 0. The summed E-state index contributed by atoms with van der Waals surface area (Å²) < 4.78 is 0. The van der Waals surface area contributed by atoms with Crippen molar-refractivity contribution in [2.24, 2.45) is 11.7 Å². The molecule has 0 fully saturated rings. The Kier molecular flexibility index (Phi) is 3.76. The normalized spacial score (nSPS) is 14.0. The SMILES string of the molecule is CC/C=C/[C@@H](C)C(N)=O. The molecule has 0 rings (SSSR count). The quantitative estimate of drug-likeness (QED) is 0.566. The highest BCUT2D eigenvalue weighted by Gasteiger charge is 2.00. The van der Waals surface area contributed by atoms with Crippen molar-refractivity contribution in [3.8, 4) is 0 Å². The number of nitrogens with two attached hydrogens (primary N) is 1. The monoisotopic (exact) mass is 127 g/mol. The molecule has 0 bridgehead atoms. The fourth-order valence-electron chi connectivity index (χ4n) is 0.435. The standard InChI is InChI=1S/C7H13NO/c1-3-4-5-6(2)7(8)9/h4-6H,3H2,1-2H3,(H2,8,9)/b5-4+/t6-/m1/s1. The minimum atomic E-state index is -0.264. The Hall–Kier alpha value is -0.790. The number of carbonyl (C=O) groups is 1. The van der Waals surface area contributed by atoms with Gasteiger partial charge in [0, 0.05) is 0 Å². The number of rotatable bonds is 3. The van der Waals surface area contributed by atoms with Gasteiger partial charge in [-0.2, -0.15) is 0 Å². The van der Waals surface area contributed by atoms with Gasteiger partial charge in [-0.05, 0) is 6.42 Å². The fraction of sp³-hybridized carbons (Fsp3) is 0.571. The third-order valence-corrected chi connectivity index (χ3v) is 1.11. The number of allylic oxidation sites excluding steroid dienone is 1. The van der Waals surface area contributed by atoms with Crippen LogP contribution in [0.3, 0.4) is 0 Å². The third kappa shape index (κ3) is 3.76. The van der Waals surface area contributed by atoms with Crippen molar-refractivity contribution in [3.63, 3.8) is 0 Å². The first-order valence-corrected chi connectivity index (χ1v) is 3.14. The number of amides is 1. The van der Waals surface area contributed by atoms with E-state index >= 15 is 0 Å². The van der Waals surface area contributed by atoms with Gasteiger partial charge in [0.25, 0.3) is 0 Å². The maximum atomic E-state index is 10.4. The Balaban J connectivity index is 3.62. The Morgan fingerprint density at radius 1 is 1.78 bits per heavy atom. The molecular formula is C7H13NO. The second kappa shape index (κ2) is 4.13. The molecule has 0 aliphatic carbocycles. The van der Waals surface area contributed by atoms with Crippen LogP contribution in [0.1, 0.15) is 20.3 Å². The van der Waals surface area contributed by atoms with Gasteiger partial charge >= 0.3 is 0 Å². The highest BCUT2D eigenvalue weighted by atomic mass is 16.1. The van der Waals surface area contributed by atoms with Crippen LogP contribution in [-0.4, -0.2) is 5.91 Å². The lowest BCUT2D eigenvalue weighted by Gasteiger charge is -1.96. The predicted molar refractivity (Wildman–Crippen MR) is 37.8 cm³/mol. The first-order valence-electron chi connectivity index (χ1n) is 3.14. The molecule has 0 aliphatic rings. The maximum absolute atomic E-state index is 10.4. The van der Waals surface area contributed by atoms with Crippen molar-refractivity contribution in [2.75, 3.05) is 0 Å². The summed E-state index contributed by atoms with van der Waals surface area (Å²) in [5.74, 6) is -0.385. The van der Waals surface area contributed by atoms with Crippen LogP contribution in [0.4, 0.5) is 0 Å². The molecule has 1 atom stereocenters. The van der Waals surface area contributed by atoms with Gasteiger partial charge in [-0.25, -0.2) is 0 Å². The number of hydrogen-bond acceptors (Lipinski definition) is 1. The van der Waals surface area contributed by atoms with Gasteiger partial charge in [0.2, 0.25) is 5.91 Å². The van der Waals surface area contributed by atoms with Gasteiger partial charge in [0.1, 0.15) is 0 Å². The molecule has 0 aromatic rings. The largest absolute Gasteiger partial charge is 0.369 e. The van der Waals surface area contributed by atoms with Crippen molar-refractivity contribution in [2.45, 2.75) is 20.3 Å². The number of primary amides is 1. The molecule has 0 aromatic carbocycles. The molecule has 9 heavy (non-hydrogen) atoms.